The highest BCUT2D eigenvalue weighted by molar-refractivity contribution is 6.76. The van der Waals surface area contributed by atoms with E-state index in [4.69, 9.17) is 4.43 Å². The zero-order chi connectivity index (χ0) is 17.2. The van der Waals surface area contributed by atoms with Gasteiger partial charge in [0.15, 0.2) is 8.32 Å². The van der Waals surface area contributed by atoms with Crippen molar-refractivity contribution in [3.8, 4) is 0 Å². The molecule has 1 rings (SSSR count). The molecule has 1 fully saturated rings. The van der Waals surface area contributed by atoms with E-state index in [0.29, 0.717) is 11.1 Å². The third-order valence-electron chi connectivity index (χ3n) is 6.04. The Kier molecular flexibility index (Phi) is 6.99. The molecule has 0 aromatic rings. The lowest BCUT2D eigenvalue weighted by Gasteiger charge is -2.39. The molecule has 0 amide bonds. The van der Waals surface area contributed by atoms with Gasteiger partial charge in [-0.25, -0.2) is 0 Å². The van der Waals surface area contributed by atoms with Gasteiger partial charge in [0.2, 0.25) is 0 Å². The average molecular weight is 343 g/mol. The fraction of sp³-hybridized carbons (Fsp3) is 1.00. The molecule has 0 spiro atoms. The molecule has 0 unspecified atom stereocenters. The van der Waals surface area contributed by atoms with E-state index in [2.05, 4.69) is 60.4 Å². The first-order valence-electron chi connectivity index (χ1n) is 9.53. The van der Waals surface area contributed by atoms with Crippen LogP contribution in [0.25, 0.3) is 0 Å². The van der Waals surface area contributed by atoms with Gasteiger partial charge in [-0.3, -0.25) is 0 Å². The predicted octanol–water partition coefficient (Wildman–Crippen LogP) is 6.93. The Bertz CT molecular complexity index is 338. The van der Waals surface area contributed by atoms with Crippen molar-refractivity contribution in [2.45, 2.75) is 110 Å². The minimum atomic E-state index is -1.61. The highest BCUT2D eigenvalue weighted by Crippen LogP contribution is 2.44. The van der Waals surface area contributed by atoms with Gasteiger partial charge < -0.3 is 4.43 Å². The highest BCUT2D eigenvalue weighted by atomic mass is 28.4. The van der Waals surface area contributed by atoms with Crippen molar-refractivity contribution in [3.63, 3.8) is 0 Å². The monoisotopic (exact) mass is 342 g/mol. The minimum Gasteiger partial charge on any atom is -0.414 e. The van der Waals surface area contributed by atoms with Crippen LogP contribution in [-0.4, -0.2) is 22.5 Å². The molecule has 0 saturated heterocycles. The molecule has 0 aromatic carbocycles. The van der Waals surface area contributed by atoms with Gasteiger partial charge in [0, 0.05) is 14.2 Å². The van der Waals surface area contributed by atoms with Gasteiger partial charge in [-0.05, 0) is 42.8 Å². The first-order valence-corrected chi connectivity index (χ1v) is 16.1. The van der Waals surface area contributed by atoms with Crippen molar-refractivity contribution in [1.82, 2.24) is 0 Å². The molecule has 3 atom stereocenters. The first-order chi connectivity index (χ1) is 9.86. The molecule has 0 heterocycles. The van der Waals surface area contributed by atoms with Crippen LogP contribution < -0.4 is 0 Å². The third kappa shape index (κ3) is 6.12. The second-order valence-corrected chi connectivity index (χ2v) is 20.8. The summed E-state index contributed by atoms with van der Waals surface area (Å²) >= 11 is 0. The van der Waals surface area contributed by atoms with Crippen molar-refractivity contribution >= 4 is 16.4 Å². The second kappa shape index (κ2) is 7.52. The van der Waals surface area contributed by atoms with Crippen LogP contribution in [0.4, 0.5) is 0 Å². The maximum atomic E-state index is 6.79. The molecular weight excluding hydrogens is 300 g/mol. The lowest BCUT2D eigenvalue weighted by molar-refractivity contribution is 0.137. The van der Waals surface area contributed by atoms with Gasteiger partial charge >= 0.3 is 0 Å². The molecular formula is C19H42OSi2. The highest BCUT2D eigenvalue weighted by Gasteiger charge is 2.43. The molecule has 1 aliphatic rings. The molecule has 132 valence electrons. The van der Waals surface area contributed by atoms with Crippen LogP contribution >= 0.6 is 0 Å². The third-order valence-corrected chi connectivity index (χ3v) is 12.4. The van der Waals surface area contributed by atoms with Crippen molar-refractivity contribution in [2.24, 2.45) is 11.8 Å². The predicted molar refractivity (Wildman–Crippen MR) is 106 cm³/mol. The van der Waals surface area contributed by atoms with E-state index < -0.39 is 16.4 Å². The fourth-order valence-electron chi connectivity index (χ4n) is 3.48. The van der Waals surface area contributed by atoms with Crippen LogP contribution in [0.3, 0.4) is 0 Å². The van der Waals surface area contributed by atoms with E-state index in [1.165, 1.54) is 38.1 Å². The molecule has 0 aromatic heterocycles. The summed E-state index contributed by atoms with van der Waals surface area (Å²) in [5, 5.41) is 0.335. The molecule has 0 N–H and O–H groups in total. The Morgan fingerprint density at radius 3 is 2.05 bits per heavy atom. The van der Waals surface area contributed by atoms with E-state index in [9.17, 15) is 0 Å². The summed E-state index contributed by atoms with van der Waals surface area (Å²) in [4.78, 5) is 0. The summed E-state index contributed by atoms with van der Waals surface area (Å²) in [6, 6.07) is 1.49. The summed E-state index contributed by atoms with van der Waals surface area (Å²) in [5.74, 6) is 1.74. The maximum Gasteiger partial charge on any atom is 0.192 e. The average Bonchev–Trinajstić information content (AvgIpc) is 2.67. The molecule has 1 nitrogen and oxygen atoms in total. The van der Waals surface area contributed by atoms with E-state index in [1.54, 1.807) is 0 Å². The van der Waals surface area contributed by atoms with Crippen molar-refractivity contribution in [3.05, 3.63) is 0 Å². The van der Waals surface area contributed by atoms with Gasteiger partial charge in [0.25, 0.3) is 0 Å². The Hall–Kier alpha value is 0.394. The van der Waals surface area contributed by atoms with Crippen LogP contribution in [-0.2, 0) is 4.43 Å². The van der Waals surface area contributed by atoms with E-state index in [1.807, 2.05) is 0 Å². The number of hydrogen-bond acceptors (Lipinski definition) is 1. The molecule has 3 heteroatoms. The second-order valence-electron chi connectivity index (χ2n) is 10.4. The normalized spacial score (nSPS) is 27.4. The molecule has 22 heavy (non-hydrogen) atoms. The summed E-state index contributed by atoms with van der Waals surface area (Å²) in [5.41, 5.74) is 0. The van der Waals surface area contributed by atoms with Crippen molar-refractivity contribution in [1.29, 1.82) is 0 Å². The molecule has 0 aliphatic heterocycles. The van der Waals surface area contributed by atoms with E-state index in [-0.39, 0.29) is 0 Å². The van der Waals surface area contributed by atoms with Crippen LogP contribution in [0.15, 0.2) is 0 Å². The summed E-state index contributed by atoms with van der Waals surface area (Å²) in [6.07, 6.45) is 7.48. The first kappa shape index (κ1) is 20.4. The zero-order valence-corrected chi connectivity index (χ0v) is 18.9. The Morgan fingerprint density at radius 2 is 1.59 bits per heavy atom. The SMILES string of the molecule is CC[C@@H]1C[C@H](CCC[Si](C)(C)C)C[C@H]1O[Si](C)(C)C(C)(C)C. The zero-order valence-electron chi connectivity index (χ0n) is 16.9. The Labute approximate surface area is 142 Å². The standard InChI is InChI=1S/C19H42OSi2/c1-10-17-14-16(12-11-13-21(5,6)7)15-18(17)20-22(8,9)19(2,3)4/h16-18H,10-15H2,1-9H3/t16-,17+,18+/m0/s1. The van der Waals surface area contributed by atoms with Crippen LogP contribution in [0.5, 0.6) is 0 Å². The largest absolute Gasteiger partial charge is 0.414 e. The minimum absolute atomic E-state index is 0.335. The van der Waals surface area contributed by atoms with Crippen molar-refractivity contribution in [2.75, 3.05) is 0 Å². The molecule has 0 bridgehead atoms. The van der Waals surface area contributed by atoms with Gasteiger partial charge in [-0.1, -0.05) is 72.6 Å². The Morgan fingerprint density at radius 1 is 1.00 bits per heavy atom. The molecule has 1 aliphatic carbocycles. The van der Waals surface area contributed by atoms with Gasteiger partial charge in [0.05, 0.1) is 0 Å². The Balaban J connectivity index is 2.55. The summed E-state index contributed by atoms with van der Waals surface area (Å²) in [6.45, 7) is 21.8. The molecule has 0 radical (unpaired) electrons. The number of hydrogen-bond donors (Lipinski definition) is 0. The van der Waals surface area contributed by atoms with Crippen LogP contribution in [0.1, 0.15) is 59.8 Å². The van der Waals surface area contributed by atoms with E-state index in [0.717, 1.165) is 11.8 Å². The van der Waals surface area contributed by atoms with Gasteiger partial charge in [-0.15, -0.1) is 0 Å². The van der Waals surface area contributed by atoms with Crippen LogP contribution in [0, 0.1) is 11.8 Å². The topological polar surface area (TPSA) is 9.23 Å². The van der Waals surface area contributed by atoms with Crippen molar-refractivity contribution < 1.29 is 4.43 Å². The summed E-state index contributed by atoms with van der Waals surface area (Å²) in [7, 11) is -2.47. The fourth-order valence-corrected chi connectivity index (χ4v) is 6.15. The van der Waals surface area contributed by atoms with Gasteiger partial charge in [0.1, 0.15) is 0 Å². The van der Waals surface area contributed by atoms with E-state index >= 15 is 0 Å². The lowest BCUT2D eigenvalue weighted by atomic mass is 9.99. The van der Waals surface area contributed by atoms with Gasteiger partial charge in [-0.2, -0.15) is 0 Å². The van der Waals surface area contributed by atoms with Crippen LogP contribution in [0.2, 0.25) is 43.8 Å². The molecule has 1 saturated carbocycles. The lowest BCUT2D eigenvalue weighted by Crippen LogP contribution is -2.44. The smallest absolute Gasteiger partial charge is 0.192 e. The maximum absolute atomic E-state index is 6.79. The number of rotatable bonds is 7. The summed E-state index contributed by atoms with van der Waals surface area (Å²) < 4.78 is 6.79. The quantitative estimate of drug-likeness (QED) is 0.456.